The predicted molar refractivity (Wildman–Crippen MR) is 70.4 cm³/mol. The van der Waals surface area contributed by atoms with Gasteiger partial charge in [-0.05, 0) is 54.5 Å². The van der Waals surface area contributed by atoms with E-state index in [1.54, 1.807) is 0 Å². The van der Waals surface area contributed by atoms with E-state index >= 15 is 0 Å². The molecule has 0 saturated carbocycles. The fraction of sp³-hybridized carbons (Fsp3) is 0.538. The Bertz CT molecular complexity index is 286. The van der Waals surface area contributed by atoms with Gasteiger partial charge in [-0.3, -0.25) is 0 Å². The van der Waals surface area contributed by atoms with Crippen LogP contribution >= 0.6 is 11.8 Å². The maximum atomic E-state index is 12.8. The molecule has 0 spiro atoms. The Balaban J connectivity index is 2.44. The summed E-state index contributed by atoms with van der Waals surface area (Å²) in [5.74, 6) is 2.55. The summed E-state index contributed by atoms with van der Waals surface area (Å²) in [5.41, 5.74) is 6.91. The Morgan fingerprint density at radius 3 is 2.56 bits per heavy atom. The second-order valence-electron chi connectivity index (χ2n) is 3.82. The van der Waals surface area contributed by atoms with Crippen LogP contribution in [-0.2, 0) is 0 Å². The van der Waals surface area contributed by atoms with E-state index in [9.17, 15) is 4.39 Å². The maximum absolute atomic E-state index is 12.8. The molecule has 2 N–H and O–H groups in total. The third kappa shape index (κ3) is 4.54. The Morgan fingerprint density at radius 1 is 1.31 bits per heavy atom. The van der Waals surface area contributed by atoms with Crippen molar-refractivity contribution in [2.45, 2.75) is 25.7 Å². The van der Waals surface area contributed by atoms with Crippen molar-refractivity contribution in [1.82, 2.24) is 0 Å². The molecule has 90 valence electrons. The quantitative estimate of drug-likeness (QED) is 0.740. The maximum Gasteiger partial charge on any atom is 0.123 e. The van der Waals surface area contributed by atoms with Gasteiger partial charge < -0.3 is 5.73 Å². The Kier molecular flexibility index (Phi) is 6.50. The van der Waals surface area contributed by atoms with Gasteiger partial charge in [-0.25, -0.2) is 4.39 Å². The van der Waals surface area contributed by atoms with Crippen LogP contribution in [0.15, 0.2) is 24.3 Å². The molecule has 0 aliphatic carbocycles. The summed E-state index contributed by atoms with van der Waals surface area (Å²) < 4.78 is 12.8. The monoisotopic (exact) mass is 241 g/mol. The van der Waals surface area contributed by atoms with Gasteiger partial charge in [-0.1, -0.05) is 19.1 Å². The highest BCUT2D eigenvalue weighted by Crippen LogP contribution is 2.21. The number of nitrogens with two attached hydrogens (primary N) is 1. The van der Waals surface area contributed by atoms with E-state index in [4.69, 9.17) is 5.73 Å². The minimum absolute atomic E-state index is 0.180. The highest BCUT2D eigenvalue weighted by atomic mass is 32.2. The standard InChI is InChI=1S/C13H20FNS/c1-2-16-9-3-4-12(10-15)11-5-7-13(14)8-6-11/h5-8,12H,2-4,9-10,15H2,1H3. The molecule has 0 amide bonds. The summed E-state index contributed by atoms with van der Waals surface area (Å²) in [5, 5.41) is 0. The van der Waals surface area contributed by atoms with E-state index in [0.717, 1.165) is 12.0 Å². The van der Waals surface area contributed by atoms with E-state index in [0.29, 0.717) is 12.5 Å². The number of thioether (sulfide) groups is 1. The van der Waals surface area contributed by atoms with Crippen LogP contribution in [0, 0.1) is 5.82 Å². The second-order valence-corrected chi connectivity index (χ2v) is 5.22. The largest absolute Gasteiger partial charge is 0.330 e. The van der Waals surface area contributed by atoms with Gasteiger partial charge in [0.2, 0.25) is 0 Å². The molecule has 1 rings (SSSR count). The van der Waals surface area contributed by atoms with Crippen LogP contribution in [0.5, 0.6) is 0 Å². The summed E-state index contributed by atoms with van der Waals surface area (Å²) in [4.78, 5) is 0. The first-order chi connectivity index (χ1) is 7.77. The molecular formula is C13H20FNS. The van der Waals surface area contributed by atoms with Crippen molar-refractivity contribution in [3.63, 3.8) is 0 Å². The molecule has 0 aliphatic rings. The number of hydrogen-bond acceptors (Lipinski definition) is 2. The van der Waals surface area contributed by atoms with Crippen LogP contribution in [0.25, 0.3) is 0 Å². The van der Waals surface area contributed by atoms with Crippen molar-refractivity contribution in [1.29, 1.82) is 0 Å². The smallest absolute Gasteiger partial charge is 0.123 e. The number of halogens is 1. The van der Waals surface area contributed by atoms with Gasteiger partial charge in [0.05, 0.1) is 0 Å². The van der Waals surface area contributed by atoms with Crippen LogP contribution in [0.1, 0.15) is 31.2 Å². The normalized spacial score (nSPS) is 12.7. The van der Waals surface area contributed by atoms with Crippen molar-refractivity contribution >= 4 is 11.8 Å². The fourth-order valence-corrected chi connectivity index (χ4v) is 2.39. The average molecular weight is 241 g/mol. The lowest BCUT2D eigenvalue weighted by molar-refractivity contribution is 0.611. The molecule has 1 atom stereocenters. The van der Waals surface area contributed by atoms with E-state index < -0.39 is 0 Å². The third-order valence-corrected chi connectivity index (χ3v) is 3.66. The molecule has 0 heterocycles. The summed E-state index contributed by atoms with van der Waals surface area (Å²) >= 11 is 1.96. The zero-order chi connectivity index (χ0) is 11.8. The Morgan fingerprint density at radius 2 is 2.00 bits per heavy atom. The lowest BCUT2D eigenvalue weighted by Crippen LogP contribution is -2.12. The second kappa shape index (κ2) is 7.69. The van der Waals surface area contributed by atoms with Gasteiger partial charge in [-0.2, -0.15) is 11.8 Å². The molecule has 0 aliphatic heterocycles. The van der Waals surface area contributed by atoms with E-state index in [2.05, 4.69) is 6.92 Å². The minimum Gasteiger partial charge on any atom is -0.330 e. The summed E-state index contributed by atoms with van der Waals surface area (Å²) in [7, 11) is 0. The third-order valence-electron chi connectivity index (χ3n) is 2.67. The average Bonchev–Trinajstić information content (AvgIpc) is 2.31. The molecule has 1 aromatic carbocycles. The van der Waals surface area contributed by atoms with Crippen LogP contribution in [-0.4, -0.2) is 18.1 Å². The molecule has 0 saturated heterocycles. The molecule has 0 aromatic heterocycles. The highest BCUT2D eigenvalue weighted by Gasteiger charge is 2.09. The molecule has 16 heavy (non-hydrogen) atoms. The molecule has 0 radical (unpaired) electrons. The summed E-state index contributed by atoms with van der Waals surface area (Å²) in [6.07, 6.45) is 2.27. The number of rotatable bonds is 7. The summed E-state index contributed by atoms with van der Waals surface area (Å²) in [6, 6.07) is 6.72. The van der Waals surface area contributed by atoms with Gasteiger partial charge >= 0.3 is 0 Å². The van der Waals surface area contributed by atoms with Gasteiger partial charge in [0.1, 0.15) is 5.82 Å². The van der Waals surface area contributed by atoms with Gasteiger partial charge in [-0.15, -0.1) is 0 Å². The zero-order valence-electron chi connectivity index (χ0n) is 9.79. The molecule has 1 nitrogen and oxygen atoms in total. The Labute approximate surface area is 102 Å². The number of hydrogen-bond donors (Lipinski definition) is 1. The van der Waals surface area contributed by atoms with Crippen molar-refractivity contribution in [2.75, 3.05) is 18.1 Å². The van der Waals surface area contributed by atoms with Crippen molar-refractivity contribution in [3.8, 4) is 0 Å². The zero-order valence-corrected chi connectivity index (χ0v) is 10.6. The van der Waals surface area contributed by atoms with Crippen molar-refractivity contribution in [2.24, 2.45) is 5.73 Å². The first-order valence-corrected chi connectivity index (χ1v) is 6.96. The predicted octanol–water partition coefficient (Wildman–Crippen LogP) is 3.40. The molecule has 1 unspecified atom stereocenters. The number of benzene rings is 1. The highest BCUT2D eigenvalue weighted by molar-refractivity contribution is 7.99. The molecule has 0 fully saturated rings. The van der Waals surface area contributed by atoms with E-state index in [1.165, 1.54) is 30.1 Å². The lowest BCUT2D eigenvalue weighted by Gasteiger charge is -2.14. The van der Waals surface area contributed by atoms with Gasteiger partial charge in [0.15, 0.2) is 0 Å². The summed E-state index contributed by atoms with van der Waals surface area (Å²) in [6.45, 7) is 2.81. The molecule has 1 aromatic rings. The van der Waals surface area contributed by atoms with Crippen molar-refractivity contribution < 1.29 is 4.39 Å². The van der Waals surface area contributed by atoms with Crippen LogP contribution in [0.3, 0.4) is 0 Å². The SMILES string of the molecule is CCSCCCC(CN)c1ccc(F)cc1. The first kappa shape index (κ1) is 13.5. The topological polar surface area (TPSA) is 26.0 Å². The molecule has 0 bridgehead atoms. The first-order valence-electron chi connectivity index (χ1n) is 5.81. The van der Waals surface area contributed by atoms with E-state index in [1.807, 2.05) is 23.9 Å². The van der Waals surface area contributed by atoms with Crippen LogP contribution in [0.2, 0.25) is 0 Å². The van der Waals surface area contributed by atoms with Crippen LogP contribution in [0.4, 0.5) is 4.39 Å². The fourth-order valence-electron chi connectivity index (χ4n) is 1.73. The van der Waals surface area contributed by atoms with E-state index in [-0.39, 0.29) is 5.82 Å². The van der Waals surface area contributed by atoms with Crippen molar-refractivity contribution in [3.05, 3.63) is 35.6 Å². The van der Waals surface area contributed by atoms with Gasteiger partial charge in [0, 0.05) is 0 Å². The lowest BCUT2D eigenvalue weighted by atomic mass is 9.95. The molecular weight excluding hydrogens is 221 g/mol. The van der Waals surface area contributed by atoms with Gasteiger partial charge in [0.25, 0.3) is 0 Å². The van der Waals surface area contributed by atoms with Crippen LogP contribution < -0.4 is 5.73 Å². The minimum atomic E-state index is -0.180. The molecule has 3 heteroatoms. The Hall–Kier alpha value is -0.540.